The quantitative estimate of drug-likeness (QED) is 0.655. The average molecular weight is 333 g/mol. The van der Waals surface area contributed by atoms with Crippen molar-refractivity contribution < 1.29 is 4.42 Å². The maximum Gasteiger partial charge on any atom is 0.330 e. The summed E-state index contributed by atoms with van der Waals surface area (Å²) >= 11 is 1.40. The van der Waals surface area contributed by atoms with Crippen LogP contribution in [0.5, 0.6) is 0 Å². The summed E-state index contributed by atoms with van der Waals surface area (Å²) in [6, 6.07) is 5.05. The number of rotatable bonds is 4. The Kier molecular flexibility index (Phi) is 3.95. The Labute approximate surface area is 135 Å². The molecule has 0 aliphatic rings. The van der Waals surface area contributed by atoms with Crippen LogP contribution in [0.25, 0.3) is 11.6 Å². The number of hydrogen-bond donors (Lipinski definition) is 0. The molecule has 0 aliphatic heterocycles. The fourth-order valence-electron chi connectivity index (χ4n) is 2.12. The lowest BCUT2D eigenvalue weighted by atomic mass is 10.4. The normalized spacial score (nSPS) is 11.1. The predicted molar refractivity (Wildman–Crippen MR) is 85.2 cm³/mol. The Morgan fingerprint density at radius 3 is 2.61 bits per heavy atom. The second-order valence-corrected chi connectivity index (χ2v) is 5.95. The molecule has 0 spiro atoms. The molecule has 0 N–H and O–H groups in total. The third kappa shape index (κ3) is 2.74. The molecule has 9 heteroatoms. The predicted octanol–water partition coefficient (Wildman–Crippen LogP) is 0.765. The van der Waals surface area contributed by atoms with E-state index < -0.39 is 0 Å². The van der Waals surface area contributed by atoms with Crippen LogP contribution >= 0.6 is 11.8 Å². The van der Waals surface area contributed by atoms with Crippen molar-refractivity contribution >= 4 is 11.8 Å². The highest BCUT2D eigenvalue weighted by atomic mass is 32.2. The van der Waals surface area contributed by atoms with E-state index in [0.29, 0.717) is 28.2 Å². The van der Waals surface area contributed by atoms with Crippen molar-refractivity contribution in [1.29, 1.82) is 0 Å². The van der Waals surface area contributed by atoms with E-state index >= 15 is 0 Å². The molecule has 0 unspecified atom stereocenters. The standard InChI is InChI=1S/C14H15N5O3S/c1-17-9(7-11(20)18(2)14(17)21)8-23-13-16-15-12(19(13)3)10-5-4-6-22-10/h4-7H,8H2,1-3H3. The number of thioether (sulfide) groups is 1. The average Bonchev–Trinajstić information content (AvgIpc) is 3.17. The molecule has 8 nitrogen and oxygen atoms in total. The van der Waals surface area contributed by atoms with Crippen molar-refractivity contribution in [3.63, 3.8) is 0 Å². The van der Waals surface area contributed by atoms with E-state index in [0.717, 1.165) is 4.57 Å². The molecule has 3 rings (SSSR count). The lowest BCUT2D eigenvalue weighted by Gasteiger charge is -2.08. The van der Waals surface area contributed by atoms with Crippen LogP contribution in [0, 0.1) is 0 Å². The second kappa shape index (κ2) is 5.92. The van der Waals surface area contributed by atoms with Crippen LogP contribution in [0.4, 0.5) is 0 Å². The summed E-state index contributed by atoms with van der Waals surface area (Å²) in [6.45, 7) is 0. The summed E-state index contributed by atoms with van der Waals surface area (Å²) in [5, 5.41) is 8.90. The van der Waals surface area contributed by atoms with Crippen LogP contribution in [-0.4, -0.2) is 23.9 Å². The van der Waals surface area contributed by atoms with Gasteiger partial charge in [0, 0.05) is 38.7 Å². The SMILES string of the molecule is Cn1c(SCc2cc(=O)n(C)c(=O)n2C)nnc1-c1ccco1. The third-order valence-electron chi connectivity index (χ3n) is 3.55. The fraction of sp³-hybridized carbons (Fsp3) is 0.286. The first-order valence-corrected chi connectivity index (χ1v) is 7.79. The van der Waals surface area contributed by atoms with Crippen LogP contribution in [-0.2, 0) is 26.9 Å². The molecule has 0 atom stereocenters. The maximum absolute atomic E-state index is 11.9. The van der Waals surface area contributed by atoms with Crippen LogP contribution in [0.15, 0.2) is 43.6 Å². The van der Waals surface area contributed by atoms with Gasteiger partial charge in [0.15, 0.2) is 16.7 Å². The van der Waals surface area contributed by atoms with Crippen molar-refractivity contribution in [2.75, 3.05) is 0 Å². The van der Waals surface area contributed by atoms with Crippen LogP contribution in [0.2, 0.25) is 0 Å². The maximum atomic E-state index is 11.9. The summed E-state index contributed by atoms with van der Waals surface area (Å²) in [5.41, 5.74) is -0.0362. The molecule has 0 radical (unpaired) electrons. The highest BCUT2D eigenvalue weighted by molar-refractivity contribution is 7.98. The van der Waals surface area contributed by atoms with E-state index in [1.165, 1.54) is 29.4 Å². The number of furan rings is 1. The topological polar surface area (TPSA) is 87.9 Å². The lowest BCUT2D eigenvalue weighted by molar-refractivity contribution is 0.572. The molecule has 0 aliphatic carbocycles. The molecule has 0 aromatic carbocycles. The van der Waals surface area contributed by atoms with Gasteiger partial charge in [-0.25, -0.2) is 4.79 Å². The zero-order valence-corrected chi connectivity index (χ0v) is 13.7. The minimum Gasteiger partial charge on any atom is -0.461 e. The summed E-state index contributed by atoms with van der Waals surface area (Å²) in [5.74, 6) is 1.69. The Bertz CT molecular complexity index is 952. The monoisotopic (exact) mass is 333 g/mol. The van der Waals surface area contributed by atoms with E-state index in [-0.39, 0.29) is 11.2 Å². The second-order valence-electron chi connectivity index (χ2n) is 5.01. The first-order valence-electron chi connectivity index (χ1n) is 6.81. The van der Waals surface area contributed by atoms with Gasteiger partial charge < -0.3 is 8.98 Å². The van der Waals surface area contributed by atoms with Gasteiger partial charge in [0.1, 0.15) is 0 Å². The largest absolute Gasteiger partial charge is 0.461 e. The summed E-state index contributed by atoms with van der Waals surface area (Å²) in [4.78, 5) is 23.7. The summed E-state index contributed by atoms with van der Waals surface area (Å²) in [6.07, 6.45) is 1.58. The summed E-state index contributed by atoms with van der Waals surface area (Å²) < 4.78 is 9.66. The van der Waals surface area contributed by atoms with Gasteiger partial charge in [-0.15, -0.1) is 10.2 Å². The summed E-state index contributed by atoms with van der Waals surface area (Å²) in [7, 11) is 4.94. The highest BCUT2D eigenvalue weighted by Crippen LogP contribution is 2.24. The van der Waals surface area contributed by atoms with Crippen molar-refractivity contribution in [2.45, 2.75) is 10.9 Å². The molecule has 3 aromatic rings. The van der Waals surface area contributed by atoms with Crippen molar-refractivity contribution in [2.24, 2.45) is 21.1 Å². The molecular weight excluding hydrogens is 318 g/mol. The third-order valence-corrected chi connectivity index (χ3v) is 4.60. The fourth-order valence-corrected chi connectivity index (χ4v) is 3.05. The van der Waals surface area contributed by atoms with E-state index in [1.807, 2.05) is 17.7 Å². The van der Waals surface area contributed by atoms with E-state index in [2.05, 4.69) is 10.2 Å². The molecule has 0 bridgehead atoms. The van der Waals surface area contributed by atoms with Gasteiger partial charge in [-0.3, -0.25) is 13.9 Å². The number of aromatic nitrogens is 5. The Morgan fingerprint density at radius 1 is 1.13 bits per heavy atom. The van der Waals surface area contributed by atoms with Crippen LogP contribution < -0.4 is 11.2 Å². The first kappa shape index (κ1) is 15.3. The van der Waals surface area contributed by atoms with Gasteiger partial charge in [0.05, 0.1) is 6.26 Å². The van der Waals surface area contributed by atoms with E-state index in [9.17, 15) is 9.59 Å². The Balaban J connectivity index is 1.85. The Hall–Kier alpha value is -2.55. The number of hydrogen-bond acceptors (Lipinski definition) is 6. The van der Waals surface area contributed by atoms with Gasteiger partial charge in [-0.05, 0) is 12.1 Å². The minimum atomic E-state index is -0.345. The van der Waals surface area contributed by atoms with Crippen LogP contribution in [0.1, 0.15) is 5.69 Å². The van der Waals surface area contributed by atoms with E-state index in [1.54, 1.807) is 19.4 Å². The number of nitrogens with zero attached hydrogens (tertiary/aromatic N) is 5. The molecule has 23 heavy (non-hydrogen) atoms. The van der Waals surface area contributed by atoms with Gasteiger partial charge in [-0.1, -0.05) is 11.8 Å². The van der Waals surface area contributed by atoms with Crippen LogP contribution in [0.3, 0.4) is 0 Å². The molecule has 3 aromatic heterocycles. The molecule has 0 saturated heterocycles. The van der Waals surface area contributed by atoms with Gasteiger partial charge in [-0.2, -0.15) is 0 Å². The van der Waals surface area contributed by atoms with Gasteiger partial charge in [0.25, 0.3) is 5.56 Å². The Morgan fingerprint density at radius 2 is 1.91 bits per heavy atom. The smallest absolute Gasteiger partial charge is 0.330 e. The zero-order chi connectivity index (χ0) is 16.6. The van der Waals surface area contributed by atoms with E-state index in [4.69, 9.17) is 4.42 Å². The zero-order valence-electron chi connectivity index (χ0n) is 12.9. The first-order chi connectivity index (χ1) is 11.0. The van der Waals surface area contributed by atoms with Crippen molar-refractivity contribution in [3.8, 4) is 11.6 Å². The van der Waals surface area contributed by atoms with Crippen molar-refractivity contribution in [3.05, 3.63) is 51.0 Å². The molecular formula is C14H15N5O3S. The lowest BCUT2D eigenvalue weighted by Crippen LogP contribution is -2.37. The molecule has 0 fully saturated rings. The molecule has 3 heterocycles. The molecule has 120 valence electrons. The van der Waals surface area contributed by atoms with Gasteiger partial charge in [0.2, 0.25) is 0 Å². The molecule has 0 amide bonds. The van der Waals surface area contributed by atoms with Crippen molar-refractivity contribution in [1.82, 2.24) is 23.9 Å². The van der Waals surface area contributed by atoms with Gasteiger partial charge >= 0.3 is 5.69 Å². The minimum absolute atomic E-state index is 0.321. The highest BCUT2D eigenvalue weighted by Gasteiger charge is 2.14. The molecule has 0 saturated carbocycles.